The van der Waals surface area contributed by atoms with Gasteiger partial charge in [0.25, 0.3) is 5.91 Å². The maximum atomic E-state index is 12.1. The lowest BCUT2D eigenvalue weighted by molar-refractivity contribution is 0.0587. The van der Waals surface area contributed by atoms with Gasteiger partial charge in [0.05, 0.1) is 11.8 Å². The van der Waals surface area contributed by atoms with Crippen molar-refractivity contribution in [3.05, 3.63) is 24.2 Å². The molecule has 92 valence electrons. The second-order valence-electron chi connectivity index (χ2n) is 5.51. The van der Waals surface area contributed by atoms with E-state index in [4.69, 9.17) is 4.42 Å². The standard InChI is InChI=1S/C14H19NO2/c16-13(12-3-10-17-11-12)15-8-6-14(7-9-15)4-1-2-5-14/h3,10-11H,1-2,4-9H2. The van der Waals surface area contributed by atoms with Crippen LogP contribution in [0.1, 0.15) is 48.9 Å². The second-order valence-corrected chi connectivity index (χ2v) is 5.51. The highest BCUT2D eigenvalue weighted by Gasteiger charge is 2.38. The topological polar surface area (TPSA) is 33.5 Å². The van der Waals surface area contributed by atoms with Crippen molar-refractivity contribution in [2.75, 3.05) is 13.1 Å². The van der Waals surface area contributed by atoms with Crippen LogP contribution in [0, 0.1) is 5.41 Å². The van der Waals surface area contributed by atoms with Crippen LogP contribution in [-0.2, 0) is 0 Å². The highest BCUT2D eigenvalue weighted by molar-refractivity contribution is 5.93. The van der Waals surface area contributed by atoms with Crippen molar-refractivity contribution in [3.63, 3.8) is 0 Å². The lowest BCUT2D eigenvalue weighted by Gasteiger charge is -2.39. The lowest BCUT2D eigenvalue weighted by atomic mass is 9.77. The zero-order valence-electron chi connectivity index (χ0n) is 10.2. The number of piperidine rings is 1. The smallest absolute Gasteiger partial charge is 0.257 e. The lowest BCUT2D eigenvalue weighted by Crippen LogP contribution is -2.42. The number of nitrogens with zero attached hydrogens (tertiary/aromatic N) is 1. The van der Waals surface area contributed by atoms with E-state index in [1.54, 1.807) is 18.6 Å². The average Bonchev–Trinajstić information content (AvgIpc) is 3.01. The molecule has 3 rings (SSSR count). The summed E-state index contributed by atoms with van der Waals surface area (Å²) in [5, 5.41) is 0. The fourth-order valence-electron chi connectivity index (χ4n) is 3.38. The predicted octanol–water partition coefficient (Wildman–Crippen LogP) is 3.08. The van der Waals surface area contributed by atoms with Gasteiger partial charge in [0.2, 0.25) is 0 Å². The second kappa shape index (κ2) is 4.21. The van der Waals surface area contributed by atoms with Crippen LogP contribution in [0.15, 0.2) is 23.0 Å². The van der Waals surface area contributed by atoms with Crippen molar-refractivity contribution in [1.82, 2.24) is 4.90 Å². The first-order valence-electron chi connectivity index (χ1n) is 6.61. The number of amides is 1. The molecule has 1 saturated carbocycles. The Morgan fingerprint density at radius 2 is 1.88 bits per heavy atom. The molecule has 3 heteroatoms. The van der Waals surface area contributed by atoms with Crippen LogP contribution < -0.4 is 0 Å². The molecule has 0 bridgehead atoms. The van der Waals surface area contributed by atoms with Gasteiger partial charge in [-0.25, -0.2) is 0 Å². The number of carbonyl (C=O) groups is 1. The summed E-state index contributed by atoms with van der Waals surface area (Å²) in [5.41, 5.74) is 1.26. The van der Waals surface area contributed by atoms with Crippen molar-refractivity contribution in [2.45, 2.75) is 38.5 Å². The van der Waals surface area contributed by atoms with Crippen LogP contribution >= 0.6 is 0 Å². The monoisotopic (exact) mass is 233 g/mol. The zero-order chi connectivity index (χ0) is 11.7. The quantitative estimate of drug-likeness (QED) is 0.747. The van der Waals surface area contributed by atoms with Gasteiger partial charge < -0.3 is 9.32 Å². The summed E-state index contributed by atoms with van der Waals surface area (Å²) in [7, 11) is 0. The van der Waals surface area contributed by atoms with Crippen molar-refractivity contribution < 1.29 is 9.21 Å². The molecule has 0 aromatic carbocycles. The molecule has 1 amide bonds. The Kier molecular flexibility index (Phi) is 2.69. The summed E-state index contributed by atoms with van der Waals surface area (Å²) < 4.78 is 4.97. The Balaban J connectivity index is 1.63. The number of likely N-dealkylation sites (tertiary alicyclic amines) is 1. The molecule has 1 saturated heterocycles. The summed E-state index contributed by atoms with van der Waals surface area (Å²) in [5.74, 6) is 0.131. The van der Waals surface area contributed by atoms with Gasteiger partial charge in [-0.3, -0.25) is 4.79 Å². The Morgan fingerprint density at radius 3 is 2.47 bits per heavy atom. The molecule has 2 fully saturated rings. The minimum Gasteiger partial charge on any atom is -0.472 e. The summed E-state index contributed by atoms with van der Waals surface area (Å²) in [6.45, 7) is 1.84. The Morgan fingerprint density at radius 1 is 1.18 bits per heavy atom. The van der Waals surface area contributed by atoms with E-state index >= 15 is 0 Å². The molecule has 1 aliphatic carbocycles. The molecule has 3 nitrogen and oxygen atoms in total. The molecule has 2 heterocycles. The Hall–Kier alpha value is -1.25. The molecular weight excluding hydrogens is 214 g/mol. The molecule has 0 unspecified atom stereocenters. The van der Waals surface area contributed by atoms with Crippen molar-refractivity contribution >= 4 is 5.91 Å². The number of hydrogen-bond donors (Lipinski definition) is 0. The van der Waals surface area contributed by atoms with Crippen LogP contribution in [0.4, 0.5) is 0 Å². The number of rotatable bonds is 1. The van der Waals surface area contributed by atoms with Crippen molar-refractivity contribution in [1.29, 1.82) is 0 Å². The molecule has 17 heavy (non-hydrogen) atoms. The molecule has 1 aliphatic heterocycles. The van der Waals surface area contributed by atoms with Crippen LogP contribution in [0.3, 0.4) is 0 Å². The summed E-state index contributed by atoms with van der Waals surface area (Å²) in [6, 6.07) is 1.75. The van der Waals surface area contributed by atoms with Gasteiger partial charge in [-0.15, -0.1) is 0 Å². The third-order valence-electron chi connectivity index (χ3n) is 4.54. The first-order valence-corrected chi connectivity index (χ1v) is 6.61. The third-order valence-corrected chi connectivity index (χ3v) is 4.54. The van der Waals surface area contributed by atoms with E-state index in [0.29, 0.717) is 11.0 Å². The maximum Gasteiger partial charge on any atom is 0.257 e. The SMILES string of the molecule is O=C(c1ccoc1)N1CCC2(CCCC2)CC1. The van der Waals surface area contributed by atoms with Gasteiger partial charge in [-0.2, -0.15) is 0 Å². The molecule has 1 aromatic rings. The van der Waals surface area contributed by atoms with Gasteiger partial charge in [-0.05, 0) is 37.2 Å². The molecule has 2 aliphatic rings. The Bertz CT molecular complexity index is 380. The molecule has 0 N–H and O–H groups in total. The largest absolute Gasteiger partial charge is 0.472 e. The molecule has 0 radical (unpaired) electrons. The Labute approximate surface area is 102 Å². The van der Waals surface area contributed by atoms with Crippen LogP contribution in [0.2, 0.25) is 0 Å². The fraction of sp³-hybridized carbons (Fsp3) is 0.643. The van der Waals surface area contributed by atoms with E-state index in [2.05, 4.69) is 0 Å². The molecule has 1 aromatic heterocycles. The first-order chi connectivity index (χ1) is 8.29. The number of carbonyl (C=O) groups excluding carboxylic acids is 1. The van der Waals surface area contributed by atoms with E-state index in [9.17, 15) is 4.79 Å². The van der Waals surface area contributed by atoms with Gasteiger partial charge in [0, 0.05) is 13.1 Å². The van der Waals surface area contributed by atoms with E-state index < -0.39 is 0 Å². The van der Waals surface area contributed by atoms with Crippen LogP contribution in [0.5, 0.6) is 0 Å². The fourth-order valence-corrected chi connectivity index (χ4v) is 3.38. The van der Waals surface area contributed by atoms with Crippen molar-refractivity contribution in [3.8, 4) is 0 Å². The summed E-state index contributed by atoms with van der Waals surface area (Å²) in [6.07, 6.45) is 11.0. The van der Waals surface area contributed by atoms with E-state index in [-0.39, 0.29) is 5.91 Å². The number of furan rings is 1. The number of hydrogen-bond acceptors (Lipinski definition) is 2. The summed E-state index contributed by atoms with van der Waals surface area (Å²) in [4.78, 5) is 14.1. The average molecular weight is 233 g/mol. The normalized spacial score (nSPS) is 23.2. The minimum absolute atomic E-state index is 0.131. The van der Waals surface area contributed by atoms with Crippen LogP contribution in [-0.4, -0.2) is 23.9 Å². The minimum atomic E-state index is 0.131. The van der Waals surface area contributed by atoms with Gasteiger partial charge in [0.1, 0.15) is 6.26 Å². The van der Waals surface area contributed by atoms with E-state index in [1.807, 2.05) is 4.90 Å². The van der Waals surface area contributed by atoms with Gasteiger partial charge in [-0.1, -0.05) is 12.8 Å². The van der Waals surface area contributed by atoms with Crippen molar-refractivity contribution in [2.24, 2.45) is 5.41 Å². The highest BCUT2D eigenvalue weighted by Crippen LogP contribution is 2.46. The molecule has 0 atom stereocenters. The maximum absolute atomic E-state index is 12.1. The third kappa shape index (κ3) is 1.99. The first kappa shape index (κ1) is 10.9. The van der Waals surface area contributed by atoms with Crippen LogP contribution in [0.25, 0.3) is 0 Å². The molecular formula is C14H19NO2. The van der Waals surface area contributed by atoms with Gasteiger partial charge >= 0.3 is 0 Å². The van der Waals surface area contributed by atoms with Gasteiger partial charge in [0.15, 0.2) is 0 Å². The predicted molar refractivity (Wildman–Crippen MR) is 64.7 cm³/mol. The zero-order valence-corrected chi connectivity index (χ0v) is 10.2. The van der Waals surface area contributed by atoms with E-state index in [0.717, 1.165) is 13.1 Å². The molecule has 1 spiro atoms. The highest BCUT2D eigenvalue weighted by atomic mass is 16.3. The van der Waals surface area contributed by atoms with E-state index in [1.165, 1.54) is 38.5 Å². The summed E-state index contributed by atoms with van der Waals surface area (Å²) >= 11 is 0.